The molecule has 0 radical (unpaired) electrons. The van der Waals surface area contributed by atoms with Gasteiger partial charge in [0.25, 0.3) is 6.33 Å². The number of benzene rings is 1. The van der Waals surface area contributed by atoms with E-state index in [0.29, 0.717) is 5.92 Å². The Bertz CT molecular complexity index is 791. The first-order valence-corrected chi connectivity index (χ1v) is 10.5. The van der Waals surface area contributed by atoms with E-state index in [0.717, 1.165) is 24.7 Å². The van der Waals surface area contributed by atoms with E-state index in [1.54, 1.807) is 0 Å². The molecule has 1 aromatic heterocycles. The average Bonchev–Trinajstić information content (AvgIpc) is 3.31. The molecule has 2 aliphatic carbocycles. The molecule has 0 amide bonds. The van der Waals surface area contributed by atoms with Gasteiger partial charge in [-0.1, -0.05) is 56.4 Å². The normalized spacial score (nSPS) is 25.0. The standard InChI is InChI=1S/C24H33N2/c1-5-24(3,6-2)21-10-8-7-9-19(21)23-15-22(25-16-26(23)4)20-14-17-11-12-18(20)13-17/h7-10,15-18,20H,5-6,11-14H2,1-4H3/q+1. The predicted molar refractivity (Wildman–Crippen MR) is 107 cm³/mol. The van der Waals surface area contributed by atoms with Crippen molar-refractivity contribution in [2.45, 2.75) is 70.6 Å². The lowest BCUT2D eigenvalue weighted by Gasteiger charge is -2.29. The third-order valence-corrected chi connectivity index (χ3v) is 7.58. The van der Waals surface area contributed by atoms with Gasteiger partial charge < -0.3 is 0 Å². The molecular formula is C24H33N2+. The third kappa shape index (κ3) is 2.88. The summed E-state index contributed by atoms with van der Waals surface area (Å²) in [6.07, 6.45) is 10.0. The lowest BCUT2D eigenvalue weighted by Crippen LogP contribution is -2.33. The van der Waals surface area contributed by atoms with Crippen molar-refractivity contribution in [2.75, 3.05) is 0 Å². The van der Waals surface area contributed by atoms with Gasteiger partial charge in [-0.15, -0.1) is 0 Å². The van der Waals surface area contributed by atoms with Gasteiger partial charge in [0.1, 0.15) is 5.69 Å². The second-order valence-electron chi connectivity index (χ2n) is 8.90. The Labute approximate surface area is 158 Å². The maximum absolute atomic E-state index is 4.86. The first-order valence-electron chi connectivity index (χ1n) is 10.5. The van der Waals surface area contributed by atoms with Crippen molar-refractivity contribution in [1.82, 2.24) is 4.98 Å². The van der Waals surface area contributed by atoms with E-state index >= 15 is 0 Å². The van der Waals surface area contributed by atoms with Gasteiger partial charge in [0.15, 0.2) is 5.69 Å². The van der Waals surface area contributed by atoms with Crippen LogP contribution in [0.1, 0.15) is 76.5 Å². The summed E-state index contributed by atoms with van der Waals surface area (Å²) in [6.45, 7) is 7.03. The van der Waals surface area contributed by atoms with Crippen LogP contribution in [0, 0.1) is 11.8 Å². The highest BCUT2D eigenvalue weighted by atomic mass is 15.0. The molecule has 3 unspecified atom stereocenters. The van der Waals surface area contributed by atoms with Gasteiger partial charge in [-0.3, -0.25) is 0 Å². The van der Waals surface area contributed by atoms with Crippen molar-refractivity contribution < 1.29 is 4.57 Å². The number of aromatic nitrogens is 2. The number of aryl methyl sites for hydroxylation is 1. The first kappa shape index (κ1) is 17.7. The topological polar surface area (TPSA) is 16.8 Å². The molecule has 2 aliphatic rings. The Morgan fingerprint density at radius 2 is 1.88 bits per heavy atom. The highest BCUT2D eigenvalue weighted by Gasteiger charge is 2.42. The Balaban J connectivity index is 1.78. The third-order valence-electron chi connectivity index (χ3n) is 7.58. The molecule has 0 spiro atoms. The van der Waals surface area contributed by atoms with Gasteiger partial charge in [0.2, 0.25) is 0 Å². The van der Waals surface area contributed by atoms with Crippen molar-refractivity contribution in [3.63, 3.8) is 0 Å². The van der Waals surface area contributed by atoms with Crippen LogP contribution in [0.5, 0.6) is 0 Å². The molecule has 0 aliphatic heterocycles. The summed E-state index contributed by atoms with van der Waals surface area (Å²) in [4.78, 5) is 4.86. The summed E-state index contributed by atoms with van der Waals surface area (Å²) in [5, 5.41) is 0. The second kappa shape index (κ2) is 6.79. The van der Waals surface area contributed by atoms with Crippen molar-refractivity contribution in [3.05, 3.63) is 47.9 Å². The fourth-order valence-electron chi connectivity index (χ4n) is 5.44. The monoisotopic (exact) mass is 349 g/mol. The molecule has 1 aromatic carbocycles. The first-order chi connectivity index (χ1) is 12.6. The number of hydrogen-bond donors (Lipinski definition) is 0. The van der Waals surface area contributed by atoms with Crippen LogP contribution in [0.2, 0.25) is 0 Å². The lowest BCUT2D eigenvalue weighted by molar-refractivity contribution is -0.663. The smallest absolute Gasteiger partial charge is 0.233 e. The Hall–Kier alpha value is -1.70. The van der Waals surface area contributed by atoms with Crippen LogP contribution >= 0.6 is 0 Å². The zero-order valence-electron chi connectivity index (χ0n) is 16.8. The predicted octanol–water partition coefficient (Wildman–Crippen LogP) is 5.55. The number of hydrogen-bond acceptors (Lipinski definition) is 1. The van der Waals surface area contributed by atoms with Gasteiger partial charge in [-0.25, -0.2) is 4.57 Å². The summed E-state index contributed by atoms with van der Waals surface area (Å²) in [7, 11) is 2.14. The maximum atomic E-state index is 4.86. The van der Waals surface area contributed by atoms with Crippen LogP contribution in [0.4, 0.5) is 0 Å². The van der Waals surface area contributed by atoms with Crippen molar-refractivity contribution in [2.24, 2.45) is 18.9 Å². The summed E-state index contributed by atoms with van der Waals surface area (Å²) in [5.74, 6) is 2.52. The minimum Gasteiger partial charge on any atom is -0.233 e. The van der Waals surface area contributed by atoms with Crippen LogP contribution < -0.4 is 4.57 Å². The van der Waals surface area contributed by atoms with E-state index in [1.807, 2.05) is 6.33 Å². The Morgan fingerprint density at radius 3 is 2.54 bits per heavy atom. The minimum absolute atomic E-state index is 0.222. The summed E-state index contributed by atoms with van der Waals surface area (Å²) >= 11 is 0. The van der Waals surface area contributed by atoms with Gasteiger partial charge in [-0.2, -0.15) is 0 Å². The highest BCUT2D eigenvalue weighted by molar-refractivity contribution is 5.63. The molecule has 0 N–H and O–H groups in total. The second-order valence-corrected chi connectivity index (χ2v) is 8.90. The fraction of sp³-hybridized carbons (Fsp3) is 0.583. The molecule has 2 heteroatoms. The zero-order chi connectivity index (χ0) is 18.3. The molecule has 1 heterocycles. The molecule has 2 nitrogen and oxygen atoms in total. The number of rotatable bonds is 5. The summed E-state index contributed by atoms with van der Waals surface area (Å²) < 4.78 is 2.21. The molecule has 26 heavy (non-hydrogen) atoms. The van der Waals surface area contributed by atoms with Crippen molar-refractivity contribution in [3.8, 4) is 11.3 Å². The summed E-state index contributed by atoms with van der Waals surface area (Å²) in [6, 6.07) is 11.4. The van der Waals surface area contributed by atoms with E-state index in [2.05, 4.69) is 62.7 Å². The molecule has 2 fully saturated rings. The molecule has 4 rings (SSSR count). The summed E-state index contributed by atoms with van der Waals surface area (Å²) in [5.41, 5.74) is 5.73. The molecular weight excluding hydrogens is 316 g/mol. The largest absolute Gasteiger partial charge is 0.286 e. The average molecular weight is 350 g/mol. The van der Waals surface area contributed by atoms with Gasteiger partial charge in [0, 0.05) is 17.5 Å². The van der Waals surface area contributed by atoms with Crippen LogP contribution in [-0.2, 0) is 12.5 Å². The maximum Gasteiger partial charge on any atom is 0.286 e. The zero-order valence-corrected chi connectivity index (χ0v) is 16.8. The highest BCUT2D eigenvalue weighted by Crippen LogP contribution is 2.52. The minimum atomic E-state index is 0.222. The lowest BCUT2D eigenvalue weighted by atomic mass is 9.75. The van der Waals surface area contributed by atoms with Gasteiger partial charge >= 0.3 is 0 Å². The van der Waals surface area contributed by atoms with Crippen LogP contribution in [-0.4, -0.2) is 4.98 Å². The van der Waals surface area contributed by atoms with Crippen LogP contribution in [0.25, 0.3) is 11.3 Å². The SMILES string of the molecule is CCC(C)(CC)c1ccccc1-c1cc(C2CC3CCC2C3)nc[n+]1C. The van der Waals surface area contributed by atoms with Crippen LogP contribution in [0.15, 0.2) is 36.7 Å². The van der Waals surface area contributed by atoms with E-state index < -0.39 is 0 Å². The Kier molecular flexibility index (Phi) is 4.62. The van der Waals surface area contributed by atoms with Gasteiger partial charge in [0.05, 0.1) is 7.05 Å². The molecule has 2 saturated carbocycles. The van der Waals surface area contributed by atoms with E-state index in [1.165, 1.54) is 48.2 Å². The number of nitrogens with zero attached hydrogens (tertiary/aromatic N) is 2. The molecule has 0 saturated heterocycles. The van der Waals surface area contributed by atoms with E-state index in [9.17, 15) is 0 Å². The molecule has 138 valence electrons. The van der Waals surface area contributed by atoms with E-state index in [4.69, 9.17) is 4.98 Å². The van der Waals surface area contributed by atoms with Crippen molar-refractivity contribution in [1.29, 1.82) is 0 Å². The van der Waals surface area contributed by atoms with E-state index in [-0.39, 0.29) is 5.41 Å². The molecule has 2 bridgehead atoms. The molecule has 2 aromatic rings. The fourth-order valence-corrected chi connectivity index (χ4v) is 5.44. The Morgan fingerprint density at radius 1 is 1.12 bits per heavy atom. The van der Waals surface area contributed by atoms with Crippen molar-refractivity contribution >= 4 is 0 Å². The number of fused-ring (bicyclic) bond motifs is 2. The molecule has 3 atom stereocenters. The van der Waals surface area contributed by atoms with Crippen LogP contribution in [0.3, 0.4) is 0 Å². The van der Waals surface area contributed by atoms with Gasteiger partial charge in [-0.05, 0) is 54.9 Å². The quantitative estimate of drug-likeness (QED) is 0.646.